The van der Waals surface area contributed by atoms with Gasteiger partial charge in [-0.15, -0.1) is 0 Å². The van der Waals surface area contributed by atoms with Crippen LogP contribution in [-0.4, -0.2) is 24.1 Å². The van der Waals surface area contributed by atoms with Crippen LogP contribution in [0.4, 0.5) is 0 Å². The first-order valence-electron chi connectivity index (χ1n) is 8.20. The second-order valence-electron chi connectivity index (χ2n) is 6.71. The molecule has 0 radical (unpaired) electrons. The van der Waals surface area contributed by atoms with Crippen molar-refractivity contribution in [3.05, 3.63) is 35.9 Å². The molecule has 0 heterocycles. The third kappa shape index (κ3) is 4.82. The first-order chi connectivity index (χ1) is 10.5. The third-order valence-corrected chi connectivity index (χ3v) is 4.44. The van der Waals surface area contributed by atoms with E-state index in [9.17, 15) is 4.79 Å². The lowest BCUT2D eigenvalue weighted by molar-refractivity contribution is -0.129. The summed E-state index contributed by atoms with van der Waals surface area (Å²) in [6.07, 6.45) is 4.01. The van der Waals surface area contributed by atoms with E-state index in [2.05, 4.69) is 5.32 Å². The van der Waals surface area contributed by atoms with Crippen LogP contribution in [0, 0.1) is 5.92 Å². The van der Waals surface area contributed by atoms with Crippen LogP contribution in [0.3, 0.4) is 0 Å². The minimum atomic E-state index is -0.382. The van der Waals surface area contributed by atoms with E-state index in [1.165, 1.54) is 0 Å². The molecular formula is C18H28N2O2. The monoisotopic (exact) mass is 304 g/mol. The summed E-state index contributed by atoms with van der Waals surface area (Å²) in [7, 11) is 0. The molecule has 4 heteroatoms. The number of nitrogens with two attached hydrogens (primary N) is 1. The van der Waals surface area contributed by atoms with Gasteiger partial charge in [-0.3, -0.25) is 4.79 Å². The van der Waals surface area contributed by atoms with E-state index in [0.717, 1.165) is 31.2 Å². The summed E-state index contributed by atoms with van der Waals surface area (Å²) >= 11 is 0. The predicted molar refractivity (Wildman–Crippen MR) is 88.3 cm³/mol. The minimum absolute atomic E-state index is 0.00561. The molecule has 0 aliphatic heterocycles. The average molecular weight is 304 g/mol. The highest BCUT2D eigenvalue weighted by molar-refractivity contribution is 5.80. The molecule has 0 spiro atoms. The van der Waals surface area contributed by atoms with Crippen molar-refractivity contribution in [2.24, 2.45) is 11.7 Å². The molecule has 3 unspecified atom stereocenters. The van der Waals surface area contributed by atoms with Crippen molar-refractivity contribution >= 4 is 5.91 Å². The Bertz CT molecular complexity index is 473. The largest absolute Gasteiger partial charge is 0.375 e. The minimum Gasteiger partial charge on any atom is -0.375 e. The van der Waals surface area contributed by atoms with Crippen molar-refractivity contribution in [1.29, 1.82) is 0 Å². The van der Waals surface area contributed by atoms with Gasteiger partial charge in [0.1, 0.15) is 0 Å². The van der Waals surface area contributed by atoms with E-state index in [4.69, 9.17) is 10.5 Å². The normalized spacial score (nSPS) is 26.4. The van der Waals surface area contributed by atoms with Crippen LogP contribution in [0.2, 0.25) is 0 Å². The molecule has 1 aliphatic carbocycles. The van der Waals surface area contributed by atoms with Gasteiger partial charge in [-0.1, -0.05) is 43.2 Å². The predicted octanol–water partition coefficient (Wildman–Crippen LogP) is 2.62. The number of carbonyl (C=O) groups is 1. The van der Waals surface area contributed by atoms with Crippen LogP contribution < -0.4 is 11.1 Å². The summed E-state index contributed by atoms with van der Waals surface area (Å²) < 4.78 is 5.68. The molecular weight excluding hydrogens is 276 g/mol. The van der Waals surface area contributed by atoms with Crippen LogP contribution in [0.15, 0.2) is 30.3 Å². The fourth-order valence-corrected chi connectivity index (χ4v) is 3.10. The number of nitrogens with one attached hydrogen (secondary N) is 1. The standard InChI is InChI=1S/C18H28N2O2/c1-14(12-22-13-15-8-4-3-5-9-15)20-17(21)16-10-6-7-11-18(16,2)19/h3-5,8-9,14,16H,6-7,10-13,19H2,1-2H3,(H,20,21). The number of hydrogen-bond donors (Lipinski definition) is 2. The summed E-state index contributed by atoms with van der Waals surface area (Å²) in [6.45, 7) is 5.04. The molecule has 1 saturated carbocycles. The molecule has 0 bridgehead atoms. The number of ether oxygens (including phenoxy) is 1. The van der Waals surface area contributed by atoms with Gasteiger partial charge in [0, 0.05) is 11.6 Å². The van der Waals surface area contributed by atoms with Gasteiger partial charge in [0.2, 0.25) is 5.91 Å². The van der Waals surface area contributed by atoms with Gasteiger partial charge in [0.15, 0.2) is 0 Å². The fraction of sp³-hybridized carbons (Fsp3) is 0.611. The number of benzene rings is 1. The second kappa shape index (κ2) is 7.75. The van der Waals surface area contributed by atoms with Crippen LogP contribution in [-0.2, 0) is 16.1 Å². The lowest BCUT2D eigenvalue weighted by Gasteiger charge is -2.37. The van der Waals surface area contributed by atoms with Crippen LogP contribution in [0.5, 0.6) is 0 Å². The quantitative estimate of drug-likeness (QED) is 0.849. The number of amides is 1. The maximum Gasteiger partial charge on any atom is 0.225 e. The van der Waals surface area contributed by atoms with Gasteiger partial charge in [0.05, 0.1) is 19.1 Å². The van der Waals surface area contributed by atoms with Gasteiger partial charge >= 0.3 is 0 Å². The Morgan fingerprint density at radius 1 is 1.41 bits per heavy atom. The molecule has 1 aliphatic rings. The van der Waals surface area contributed by atoms with Crippen molar-refractivity contribution in [2.45, 2.75) is 57.7 Å². The van der Waals surface area contributed by atoms with E-state index in [1.54, 1.807) is 0 Å². The Kier molecular flexibility index (Phi) is 5.98. The zero-order chi connectivity index (χ0) is 16.0. The van der Waals surface area contributed by atoms with Crippen LogP contribution >= 0.6 is 0 Å². The molecule has 3 atom stereocenters. The number of hydrogen-bond acceptors (Lipinski definition) is 3. The molecule has 1 aromatic rings. The Morgan fingerprint density at radius 2 is 2.14 bits per heavy atom. The zero-order valence-corrected chi connectivity index (χ0v) is 13.7. The highest BCUT2D eigenvalue weighted by atomic mass is 16.5. The SMILES string of the molecule is CC(COCc1ccccc1)NC(=O)C1CCCCC1(C)N. The molecule has 22 heavy (non-hydrogen) atoms. The summed E-state index contributed by atoms with van der Waals surface area (Å²) in [5, 5.41) is 3.05. The molecule has 4 nitrogen and oxygen atoms in total. The van der Waals surface area contributed by atoms with E-state index < -0.39 is 0 Å². The van der Waals surface area contributed by atoms with Crippen LogP contribution in [0.1, 0.15) is 45.1 Å². The van der Waals surface area contributed by atoms with E-state index in [1.807, 2.05) is 44.2 Å². The highest BCUT2D eigenvalue weighted by Crippen LogP contribution is 2.31. The molecule has 1 fully saturated rings. The first-order valence-corrected chi connectivity index (χ1v) is 8.20. The number of rotatable bonds is 6. The maximum atomic E-state index is 12.4. The van der Waals surface area contributed by atoms with E-state index in [0.29, 0.717) is 13.2 Å². The summed E-state index contributed by atoms with van der Waals surface area (Å²) in [5.41, 5.74) is 7.04. The number of carbonyl (C=O) groups excluding carboxylic acids is 1. The van der Waals surface area contributed by atoms with Crippen molar-refractivity contribution in [3.8, 4) is 0 Å². The van der Waals surface area contributed by atoms with Gasteiger partial charge < -0.3 is 15.8 Å². The Morgan fingerprint density at radius 3 is 2.82 bits per heavy atom. The molecule has 2 rings (SSSR count). The maximum absolute atomic E-state index is 12.4. The van der Waals surface area contributed by atoms with Crippen molar-refractivity contribution in [3.63, 3.8) is 0 Å². The smallest absolute Gasteiger partial charge is 0.225 e. The lowest BCUT2D eigenvalue weighted by Crippen LogP contribution is -2.54. The Hall–Kier alpha value is -1.39. The third-order valence-electron chi connectivity index (χ3n) is 4.44. The molecule has 3 N–H and O–H groups in total. The molecule has 122 valence electrons. The van der Waals surface area contributed by atoms with Gasteiger partial charge in [-0.25, -0.2) is 0 Å². The molecule has 1 aromatic carbocycles. The van der Waals surface area contributed by atoms with Gasteiger partial charge in [-0.2, -0.15) is 0 Å². The average Bonchev–Trinajstić information content (AvgIpc) is 2.47. The molecule has 1 amide bonds. The Labute approximate surface area is 133 Å². The molecule has 0 aromatic heterocycles. The van der Waals surface area contributed by atoms with Crippen molar-refractivity contribution < 1.29 is 9.53 Å². The van der Waals surface area contributed by atoms with Crippen molar-refractivity contribution in [2.75, 3.05) is 6.61 Å². The first kappa shape index (κ1) is 17.0. The highest BCUT2D eigenvalue weighted by Gasteiger charge is 2.37. The van der Waals surface area contributed by atoms with Crippen molar-refractivity contribution in [1.82, 2.24) is 5.32 Å². The van der Waals surface area contributed by atoms with Gasteiger partial charge in [-0.05, 0) is 32.3 Å². The fourth-order valence-electron chi connectivity index (χ4n) is 3.10. The Balaban J connectivity index is 1.74. The zero-order valence-electron chi connectivity index (χ0n) is 13.7. The topological polar surface area (TPSA) is 64.3 Å². The summed E-state index contributed by atoms with van der Waals surface area (Å²) in [4.78, 5) is 12.4. The van der Waals surface area contributed by atoms with Crippen LogP contribution in [0.25, 0.3) is 0 Å². The molecule has 0 saturated heterocycles. The summed E-state index contributed by atoms with van der Waals surface area (Å²) in [5.74, 6) is -0.0154. The lowest BCUT2D eigenvalue weighted by atomic mass is 9.74. The van der Waals surface area contributed by atoms with E-state index >= 15 is 0 Å². The summed E-state index contributed by atoms with van der Waals surface area (Å²) in [6, 6.07) is 10.0. The van der Waals surface area contributed by atoms with Gasteiger partial charge in [0.25, 0.3) is 0 Å². The van der Waals surface area contributed by atoms with E-state index in [-0.39, 0.29) is 23.4 Å². The second-order valence-corrected chi connectivity index (χ2v) is 6.71.